The van der Waals surface area contributed by atoms with E-state index in [2.05, 4.69) is 53.7 Å². The first-order chi connectivity index (χ1) is 14.1. The van der Waals surface area contributed by atoms with Crippen LogP contribution >= 0.6 is 15.8 Å². The average Bonchev–Trinajstić information content (AvgIpc) is 3.25. The van der Waals surface area contributed by atoms with Crippen LogP contribution in [-0.4, -0.2) is 36.2 Å². The van der Waals surface area contributed by atoms with Crippen molar-refractivity contribution in [2.45, 2.75) is 63.5 Å². The van der Waals surface area contributed by atoms with E-state index in [-0.39, 0.29) is 22.0 Å². The van der Waals surface area contributed by atoms with Crippen LogP contribution in [0.5, 0.6) is 23.0 Å². The van der Waals surface area contributed by atoms with Crippen LogP contribution in [0.4, 0.5) is 0 Å². The topological polar surface area (TPSA) is 36.9 Å². The monoisotopic (exact) mass is 446 g/mol. The molecular weight excluding hydrogens is 414 g/mol. The molecule has 0 radical (unpaired) electrons. The third kappa shape index (κ3) is 3.47. The lowest BCUT2D eigenvalue weighted by atomic mass is 10.2. The molecule has 2 aromatic rings. The SMILES string of the molecule is COc1cccc2c1P(C(C)(C)C)C([C@@H]1Oc3cccc(OC)c3[P@@]1C(C)(C)C)O2. The standard InChI is InChI=1S/C24H32O4P2/c1-23(2,3)29-19-15(25-7)11-9-13-17(19)27-21(29)22-28-18-14-10-12-16(26-8)20(18)30(22)24(4,5)6/h9-14,21-22H,1-8H3/t21-,22?,29-,30?/m1/s1. The summed E-state index contributed by atoms with van der Waals surface area (Å²) in [5, 5.41) is 2.54. The third-order valence-electron chi connectivity index (χ3n) is 5.54. The Kier molecular flexibility index (Phi) is 5.48. The lowest BCUT2D eigenvalue weighted by Crippen LogP contribution is -2.38. The quantitative estimate of drug-likeness (QED) is 0.571. The summed E-state index contributed by atoms with van der Waals surface area (Å²) in [5.74, 6) is 3.66. The van der Waals surface area contributed by atoms with Crippen LogP contribution in [0.25, 0.3) is 0 Å². The number of methoxy groups -OCH3 is 2. The first-order valence-corrected chi connectivity index (χ1v) is 13.2. The van der Waals surface area contributed by atoms with Gasteiger partial charge in [0.25, 0.3) is 0 Å². The molecule has 30 heavy (non-hydrogen) atoms. The zero-order chi connectivity index (χ0) is 21.8. The summed E-state index contributed by atoms with van der Waals surface area (Å²) in [6.07, 6.45) is 0. The van der Waals surface area contributed by atoms with Gasteiger partial charge in [-0.15, -0.1) is 0 Å². The molecule has 0 saturated heterocycles. The Bertz CT molecular complexity index is 868. The van der Waals surface area contributed by atoms with Gasteiger partial charge in [0, 0.05) is 0 Å². The summed E-state index contributed by atoms with van der Waals surface area (Å²) in [6, 6.07) is 12.3. The normalized spacial score (nSPS) is 25.2. The van der Waals surface area contributed by atoms with Gasteiger partial charge in [0.1, 0.15) is 23.0 Å². The minimum atomic E-state index is -0.690. The second-order valence-corrected chi connectivity index (χ2v) is 15.8. The summed E-state index contributed by atoms with van der Waals surface area (Å²) in [7, 11) is 2.11. The second-order valence-electron chi connectivity index (χ2n) is 9.71. The van der Waals surface area contributed by atoms with E-state index in [1.807, 2.05) is 24.3 Å². The maximum Gasteiger partial charge on any atom is 0.162 e. The minimum Gasteiger partial charge on any atom is -0.496 e. The number of rotatable bonds is 3. The fourth-order valence-electron chi connectivity index (χ4n) is 4.42. The molecular formula is C24H32O4P2. The van der Waals surface area contributed by atoms with Crippen LogP contribution in [0.15, 0.2) is 36.4 Å². The fourth-order valence-corrected chi connectivity index (χ4v) is 11.2. The van der Waals surface area contributed by atoms with Gasteiger partial charge in [-0.05, 0) is 50.4 Å². The van der Waals surface area contributed by atoms with Crippen molar-refractivity contribution in [2.24, 2.45) is 0 Å². The zero-order valence-corrected chi connectivity index (χ0v) is 20.9. The largest absolute Gasteiger partial charge is 0.496 e. The van der Waals surface area contributed by atoms with Gasteiger partial charge in [0.05, 0.1) is 24.8 Å². The molecule has 6 heteroatoms. The molecule has 0 N–H and O–H groups in total. The summed E-state index contributed by atoms with van der Waals surface area (Å²) in [5.41, 5.74) is 0. The number of benzene rings is 2. The summed E-state index contributed by atoms with van der Waals surface area (Å²) < 4.78 is 24.9. The maximum absolute atomic E-state index is 6.70. The number of hydrogen-bond acceptors (Lipinski definition) is 4. The highest BCUT2D eigenvalue weighted by molar-refractivity contribution is 7.72. The van der Waals surface area contributed by atoms with Crippen LogP contribution in [0.3, 0.4) is 0 Å². The molecule has 2 aliphatic rings. The van der Waals surface area contributed by atoms with Gasteiger partial charge in [-0.3, -0.25) is 0 Å². The van der Waals surface area contributed by atoms with Crippen LogP contribution in [-0.2, 0) is 0 Å². The molecule has 2 aliphatic heterocycles. The van der Waals surface area contributed by atoms with Crippen molar-refractivity contribution < 1.29 is 18.9 Å². The molecule has 0 saturated carbocycles. The van der Waals surface area contributed by atoms with Crippen molar-refractivity contribution in [1.82, 2.24) is 0 Å². The van der Waals surface area contributed by atoms with E-state index in [0.29, 0.717) is 0 Å². The molecule has 2 heterocycles. The molecule has 0 aliphatic carbocycles. The van der Waals surface area contributed by atoms with Crippen LogP contribution in [0.1, 0.15) is 41.5 Å². The number of fused-ring (bicyclic) bond motifs is 2. The van der Waals surface area contributed by atoms with E-state index in [9.17, 15) is 0 Å². The summed E-state index contributed by atoms with van der Waals surface area (Å²) in [6.45, 7) is 13.8. The summed E-state index contributed by atoms with van der Waals surface area (Å²) in [4.78, 5) is 0. The Balaban J connectivity index is 1.85. The van der Waals surface area contributed by atoms with Crippen LogP contribution in [0.2, 0.25) is 0 Å². The lowest BCUT2D eigenvalue weighted by Gasteiger charge is -2.39. The van der Waals surface area contributed by atoms with Gasteiger partial charge < -0.3 is 18.9 Å². The summed E-state index contributed by atoms with van der Waals surface area (Å²) >= 11 is 0. The van der Waals surface area contributed by atoms with E-state index < -0.39 is 15.8 Å². The highest BCUT2D eigenvalue weighted by Gasteiger charge is 2.55. The van der Waals surface area contributed by atoms with Gasteiger partial charge in [0.2, 0.25) is 0 Å². The van der Waals surface area contributed by atoms with Crippen molar-refractivity contribution in [3.8, 4) is 23.0 Å². The van der Waals surface area contributed by atoms with Crippen LogP contribution in [0, 0.1) is 0 Å². The average molecular weight is 446 g/mol. The van der Waals surface area contributed by atoms with Crippen molar-refractivity contribution in [3.63, 3.8) is 0 Å². The number of ether oxygens (including phenoxy) is 4. The van der Waals surface area contributed by atoms with Crippen molar-refractivity contribution >= 4 is 26.5 Å². The van der Waals surface area contributed by atoms with Crippen molar-refractivity contribution in [1.29, 1.82) is 0 Å². The molecule has 4 nitrogen and oxygen atoms in total. The molecule has 4 rings (SSSR count). The molecule has 2 aromatic carbocycles. The van der Waals surface area contributed by atoms with E-state index in [1.54, 1.807) is 14.2 Å². The van der Waals surface area contributed by atoms with Crippen LogP contribution < -0.4 is 29.6 Å². The Morgan fingerprint density at radius 2 is 1.03 bits per heavy atom. The van der Waals surface area contributed by atoms with Gasteiger partial charge in [-0.25, -0.2) is 0 Å². The third-order valence-corrected chi connectivity index (χ3v) is 12.3. The Morgan fingerprint density at radius 1 is 0.667 bits per heavy atom. The molecule has 4 atom stereocenters. The minimum absolute atomic E-state index is 0.0336. The Hall–Kier alpha value is -1.50. The van der Waals surface area contributed by atoms with E-state index in [1.165, 1.54) is 10.6 Å². The van der Waals surface area contributed by atoms with Gasteiger partial charge in [0.15, 0.2) is 11.7 Å². The Labute approximate surface area is 182 Å². The zero-order valence-electron chi connectivity index (χ0n) is 19.1. The highest BCUT2D eigenvalue weighted by atomic mass is 31.1. The van der Waals surface area contributed by atoms with E-state index in [0.717, 1.165) is 23.0 Å². The molecule has 0 fully saturated rings. The van der Waals surface area contributed by atoms with E-state index in [4.69, 9.17) is 18.9 Å². The second kappa shape index (κ2) is 7.57. The predicted octanol–water partition coefficient (Wildman–Crippen LogP) is 5.65. The lowest BCUT2D eigenvalue weighted by molar-refractivity contribution is 0.171. The van der Waals surface area contributed by atoms with E-state index >= 15 is 0 Å². The highest BCUT2D eigenvalue weighted by Crippen LogP contribution is 2.69. The van der Waals surface area contributed by atoms with Gasteiger partial charge in [-0.1, -0.05) is 53.7 Å². The first-order valence-electron chi connectivity index (χ1n) is 10.3. The van der Waals surface area contributed by atoms with Crippen molar-refractivity contribution in [2.75, 3.05) is 14.2 Å². The van der Waals surface area contributed by atoms with Gasteiger partial charge >= 0.3 is 0 Å². The molecule has 2 unspecified atom stereocenters. The Morgan fingerprint density at radius 3 is 1.33 bits per heavy atom. The molecule has 0 bridgehead atoms. The molecule has 0 amide bonds. The fraction of sp³-hybridized carbons (Fsp3) is 0.500. The molecule has 0 spiro atoms. The smallest absolute Gasteiger partial charge is 0.162 e. The molecule has 0 aromatic heterocycles. The molecule has 162 valence electrons. The van der Waals surface area contributed by atoms with Crippen molar-refractivity contribution in [3.05, 3.63) is 36.4 Å². The number of hydrogen-bond donors (Lipinski definition) is 0. The van der Waals surface area contributed by atoms with Gasteiger partial charge in [-0.2, -0.15) is 0 Å². The predicted molar refractivity (Wildman–Crippen MR) is 127 cm³/mol. The first kappa shape index (κ1) is 21.7. The maximum atomic E-state index is 6.70.